The second kappa shape index (κ2) is 4.40. The maximum absolute atomic E-state index is 11.5. The molecule has 16 heavy (non-hydrogen) atoms. The zero-order valence-corrected chi connectivity index (χ0v) is 9.32. The Kier molecular flexibility index (Phi) is 3.38. The van der Waals surface area contributed by atoms with E-state index in [1.54, 1.807) is 0 Å². The maximum Gasteiger partial charge on any atom is 0.319 e. The first-order valence-electron chi connectivity index (χ1n) is 4.25. The van der Waals surface area contributed by atoms with Gasteiger partial charge < -0.3 is 15.6 Å². The van der Waals surface area contributed by atoms with Crippen molar-refractivity contribution < 1.29 is 23.1 Å². The number of hydrogen-bond donors (Lipinski definition) is 2. The molecule has 0 atom stereocenters. The van der Waals surface area contributed by atoms with Crippen molar-refractivity contribution in [1.82, 2.24) is 0 Å². The lowest BCUT2D eigenvalue weighted by Gasteiger charge is -2.06. The van der Waals surface area contributed by atoms with E-state index in [0.717, 1.165) is 0 Å². The molecule has 0 aliphatic carbocycles. The second-order valence-electron chi connectivity index (χ2n) is 3.06. The van der Waals surface area contributed by atoms with Crippen LogP contribution in [0.2, 0.25) is 0 Å². The maximum atomic E-state index is 11.5. The number of nitrogen functional groups attached to an aromatic ring is 1. The van der Waals surface area contributed by atoms with Gasteiger partial charge in [0.2, 0.25) is 0 Å². The molecule has 3 N–H and O–H groups in total. The van der Waals surface area contributed by atoms with E-state index in [-0.39, 0.29) is 10.6 Å². The number of ether oxygens (including phenoxy) is 1. The second-order valence-corrected chi connectivity index (χ2v) is 5.05. The van der Waals surface area contributed by atoms with Gasteiger partial charge in [-0.1, -0.05) is 0 Å². The van der Waals surface area contributed by atoms with Gasteiger partial charge in [0, 0.05) is 0 Å². The lowest BCUT2D eigenvalue weighted by atomic mass is 10.3. The van der Waals surface area contributed by atoms with Gasteiger partial charge >= 0.3 is 5.97 Å². The minimum absolute atomic E-state index is 0.131. The molecule has 0 spiro atoms. The Morgan fingerprint density at radius 2 is 2.12 bits per heavy atom. The van der Waals surface area contributed by atoms with E-state index >= 15 is 0 Å². The van der Waals surface area contributed by atoms with Gasteiger partial charge in [0.25, 0.3) is 0 Å². The summed E-state index contributed by atoms with van der Waals surface area (Å²) in [6.45, 7) is 0. The highest BCUT2D eigenvalue weighted by atomic mass is 32.2. The predicted molar refractivity (Wildman–Crippen MR) is 57.1 cm³/mol. The summed E-state index contributed by atoms with van der Waals surface area (Å²) in [6.07, 6.45) is 0. The average Bonchev–Trinajstić information content (AvgIpc) is 2.15. The molecule has 0 aromatic heterocycles. The number of carbonyl (C=O) groups is 1. The fourth-order valence-corrected chi connectivity index (χ4v) is 2.23. The Labute approximate surface area is 92.6 Å². The molecule has 0 amide bonds. The van der Waals surface area contributed by atoms with Crippen molar-refractivity contribution in [3.05, 3.63) is 18.2 Å². The minimum atomic E-state index is -3.84. The molecule has 0 saturated carbocycles. The number of carboxylic acids is 1. The number of nitrogens with two attached hydrogens (primary N) is 1. The van der Waals surface area contributed by atoms with Gasteiger partial charge in [0.05, 0.1) is 17.7 Å². The summed E-state index contributed by atoms with van der Waals surface area (Å²) in [7, 11) is -2.44. The van der Waals surface area contributed by atoms with Crippen LogP contribution in [-0.2, 0) is 14.6 Å². The lowest BCUT2D eigenvalue weighted by molar-refractivity contribution is -0.134. The van der Waals surface area contributed by atoms with E-state index < -0.39 is 21.6 Å². The summed E-state index contributed by atoms with van der Waals surface area (Å²) in [4.78, 5) is 10.2. The fraction of sp³-hybridized carbons (Fsp3) is 0.222. The molecule has 0 radical (unpaired) electrons. The Balaban J connectivity index is 3.15. The highest BCUT2D eigenvalue weighted by Crippen LogP contribution is 2.24. The summed E-state index contributed by atoms with van der Waals surface area (Å²) in [5.41, 5.74) is 5.67. The largest absolute Gasteiger partial charge is 0.495 e. The van der Waals surface area contributed by atoms with Crippen LogP contribution in [0.3, 0.4) is 0 Å². The topological polar surface area (TPSA) is 107 Å². The summed E-state index contributed by atoms with van der Waals surface area (Å²) >= 11 is 0. The molecule has 6 nitrogen and oxygen atoms in total. The van der Waals surface area contributed by atoms with Crippen LogP contribution in [0.15, 0.2) is 23.1 Å². The molecule has 0 unspecified atom stereocenters. The summed E-state index contributed by atoms with van der Waals surface area (Å²) < 4.78 is 27.9. The number of aliphatic carboxylic acids is 1. The zero-order valence-electron chi connectivity index (χ0n) is 8.50. The number of anilines is 1. The molecule has 1 aromatic carbocycles. The number of rotatable bonds is 4. The van der Waals surface area contributed by atoms with Gasteiger partial charge in [-0.05, 0) is 18.2 Å². The van der Waals surface area contributed by atoms with Crippen molar-refractivity contribution in [1.29, 1.82) is 0 Å². The molecule has 7 heteroatoms. The predicted octanol–water partition coefficient (Wildman–Crippen LogP) is 0.136. The summed E-state index contributed by atoms with van der Waals surface area (Å²) in [5, 5.41) is 8.45. The molecule has 0 bridgehead atoms. The number of carboxylic acid groups (broad SMARTS) is 1. The SMILES string of the molecule is COc1ccc(S(=O)(=O)CC(=O)O)cc1N. The zero-order chi connectivity index (χ0) is 12.3. The Morgan fingerprint density at radius 3 is 2.56 bits per heavy atom. The van der Waals surface area contributed by atoms with Crippen molar-refractivity contribution in [2.75, 3.05) is 18.6 Å². The minimum Gasteiger partial charge on any atom is -0.495 e. The normalized spacial score (nSPS) is 11.1. The van der Waals surface area contributed by atoms with E-state index in [9.17, 15) is 13.2 Å². The molecule has 88 valence electrons. The number of hydrogen-bond acceptors (Lipinski definition) is 5. The van der Waals surface area contributed by atoms with Crippen LogP contribution in [0.25, 0.3) is 0 Å². The van der Waals surface area contributed by atoms with Gasteiger partial charge in [-0.25, -0.2) is 8.42 Å². The van der Waals surface area contributed by atoms with Crippen LogP contribution in [0.4, 0.5) is 5.69 Å². The van der Waals surface area contributed by atoms with Crippen LogP contribution in [-0.4, -0.2) is 32.4 Å². The van der Waals surface area contributed by atoms with Crippen LogP contribution < -0.4 is 10.5 Å². The monoisotopic (exact) mass is 245 g/mol. The Morgan fingerprint density at radius 1 is 1.50 bits per heavy atom. The quantitative estimate of drug-likeness (QED) is 0.730. The van der Waals surface area contributed by atoms with Gasteiger partial charge in [-0.2, -0.15) is 0 Å². The first kappa shape index (κ1) is 12.3. The first-order chi connectivity index (χ1) is 7.36. The van der Waals surface area contributed by atoms with Crippen molar-refractivity contribution >= 4 is 21.5 Å². The van der Waals surface area contributed by atoms with Gasteiger partial charge in [-0.3, -0.25) is 4.79 Å². The third-order valence-electron chi connectivity index (χ3n) is 1.87. The number of methoxy groups -OCH3 is 1. The van der Waals surface area contributed by atoms with Crippen LogP contribution in [0.5, 0.6) is 5.75 Å². The van der Waals surface area contributed by atoms with Crippen molar-refractivity contribution in [3.63, 3.8) is 0 Å². The van der Waals surface area contributed by atoms with Crippen molar-refractivity contribution in [2.24, 2.45) is 0 Å². The smallest absolute Gasteiger partial charge is 0.319 e. The van der Waals surface area contributed by atoms with E-state index in [1.165, 1.54) is 25.3 Å². The van der Waals surface area contributed by atoms with Crippen LogP contribution >= 0.6 is 0 Å². The third kappa shape index (κ3) is 2.63. The Hall–Kier alpha value is -1.76. The van der Waals surface area contributed by atoms with Crippen molar-refractivity contribution in [3.8, 4) is 5.75 Å². The van der Waals surface area contributed by atoms with E-state index in [0.29, 0.717) is 5.75 Å². The molecule has 0 aliphatic heterocycles. The highest BCUT2D eigenvalue weighted by Gasteiger charge is 2.19. The molecule has 0 heterocycles. The number of sulfone groups is 1. The number of benzene rings is 1. The van der Waals surface area contributed by atoms with Crippen LogP contribution in [0, 0.1) is 0 Å². The summed E-state index contributed by atoms with van der Waals surface area (Å²) in [5.74, 6) is -2.03. The molecular formula is C9H11NO5S. The van der Waals surface area contributed by atoms with E-state index in [4.69, 9.17) is 15.6 Å². The molecule has 0 aliphatic rings. The standard InChI is InChI=1S/C9H11NO5S/c1-15-8-3-2-6(4-7(8)10)16(13,14)5-9(11)12/h2-4H,5,10H2,1H3,(H,11,12). The Bertz CT molecular complexity index is 509. The van der Waals surface area contributed by atoms with Gasteiger partial charge in [-0.15, -0.1) is 0 Å². The molecule has 0 saturated heterocycles. The molecular weight excluding hydrogens is 234 g/mol. The van der Waals surface area contributed by atoms with Crippen molar-refractivity contribution in [2.45, 2.75) is 4.90 Å². The highest BCUT2D eigenvalue weighted by molar-refractivity contribution is 7.92. The molecule has 1 rings (SSSR count). The van der Waals surface area contributed by atoms with E-state index in [2.05, 4.69) is 0 Å². The fourth-order valence-electron chi connectivity index (χ4n) is 1.15. The third-order valence-corrected chi connectivity index (χ3v) is 3.47. The molecule has 1 aromatic rings. The average molecular weight is 245 g/mol. The summed E-state index contributed by atoms with van der Waals surface area (Å²) in [6, 6.07) is 3.81. The van der Waals surface area contributed by atoms with Gasteiger partial charge in [0.1, 0.15) is 5.75 Å². The molecule has 0 fully saturated rings. The van der Waals surface area contributed by atoms with E-state index in [1.807, 2.05) is 0 Å². The van der Waals surface area contributed by atoms with Gasteiger partial charge in [0.15, 0.2) is 15.6 Å². The lowest BCUT2D eigenvalue weighted by Crippen LogP contribution is -2.15. The van der Waals surface area contributed by atoms with Crippen LogP contribution in [0.1, 0.15) is 0 Å². The first-order valence-corrected chi connectivity index (χ1v) is 5.90.